The van der Waals surface area contributed by atoms with Gasteiger partial charge in [-0.25, -0.2) is 4.79 Å². The molecule has 9 nitrogen and oxygen atoms in total. The molecule has 0 saturated carbocycles. The van der Waals surface area contributed by atoms with E-state index in [0.29, 0.717) is 12.3 Å². The third kappa shape index (κ3) is 4.43. The van der Waals surface area contributed by atoms with E-state index in [-0.39, 0.29) is 29.6 Å². The molecule has 2 aliphatic heterocycles. The number of aromatic nitrogens is 2. The highest BCUT2D eigenvalue weighted by molar-refractivity contribution is 6.74. The molecule has 4 atom stereocenters. The third-order valence-electron chi connectivity index (χ3n) is 7.52. The van der Waals surface area contributed by atoms with Gasteiger partial charge in [0.1, 0.15) is 17.2 Å². The standard InChI is InChI=1S/C23H40N4O5Si/c1-15-11-12-23(27(15)20(29)32-21(3,4)5)16(2)26(19(23)28)17(18-25-24-14-30-18)13-31-33(9,10)22(6,7)8/h14-17H,11-13H2,1-10H3/t15?,16?,17-,23?/m0/s1. The Bertz CT molecular complexity index is 876. The van der Waals surface area contributed by atoms with Crippen molar-refractivity contribution in [2.45, 2.75) is 116 Å². The van der Waals surface area contributed by atoms with E-state index >= 15 is 0 Å². The normalized spacial score (nSPS) is 27.2. The number of hydrogen-bond acceptors (Lipinski definition) is 7. The van der Waals surface area contributed by atoms with E-state index in [1.54, 1.807) is 9.80 Å². The van der Waals surface area contributed by atoms with Gasteiger partial charge in [0.25, 0.3) is 5.91 Å². The fourth-order valence-electron chi connectivity index (χ4n) is 4.60. The first-order valence-corrected chi connectivity index (χ1v) is 14.7. The van der Waals surface area contributed by atoms with E-state index < -0.39 is 31.6 Å². The molecular formula is C23H40N4O5Si. The highest BCUT2D eigenvalue weighted by Gasteiger charge is 2.68. The van der Waals surface area contributed by atoms with Crippen LogP contribution in [0.5, 0.6) is 0 Å². The quantitative estimate of drug-likeness (QED) is 0.451. The van der Waals surface area contributed by atoms with Crippen molar-refractivity contribution < 1.29 is 23.2 Å². The molecule has 2 saturated heterocycles. The SMILES string of the molecule is CC1CCC2(C(=O)N([C@@H](CO[Si](C)(C)C(C)(C)C)c3nnco3)C2C)N1C(=O)OC(C)(C)C. The number of hydrogen-bond donors (Lipinski definition) is 0. The van der Waals surface area contributed by atoms with Crippen LogP contribution in [0.4, 0.5) is 4.79 Å². The number of β-lactam (4-membered cyclic amide) rings is 1. The number of amides is 2. The van der Waals surface area contributed by atoms with Gasteiger partial charge in [0.2, 0.25) is 12.3 Å². The summed E-state index contributed by atoms with van der Waals surface area (Å²) in [6.07, 6.45) is 2.17. The van der Waals surface area contributed by atoms with Gasteiger partial charge in [-0.3, -0.25) is 9.69 Å². The lowest BCUT2D eigenvalue weighted by Gasteiger charge is -2.58. The number of rotatable bonds is 5. The summed E-state index contributed by atoms with van der Waals surface area (Å²) in [5.74, 6) is 0.228. The van der Waals surface area contributed by atoms with Crippen LogP contribution in [0.15, 0.2) is 10.8 Å². The maximum absolute atomic E-state index is 13.8. The Balaban J connectivity index is 1.88. The second kappa shape index (κ2) is 8.37. The summed E-state index contributed by atoms with van der Waals surface area (Å²) >= 11 is 0. The van der Waals surface area contributed by atoms with Crippen molar-refractivity contribution >= 4 is 20.3 Å². The average molecular weight is 481 g/mol. The molecular weight excluding hydrogens is 440 g/mol. The lowest BCUT2D eigenvalue weighted by molar-refractivity contribution is -0.180. The number of nitrogens with zero attached hydrogens (tertiary/aromatic N) is 4. The van der Waals surface area contributed by atoms with E-state index in [2.05, 4.69) is 44.1 Å². The summed E-state index contributed by atoms with van der Waals surface area (Å²) < 4.78 is 17.7. The summed E-state index contributed by atoms with van der Waals surface area (Å²) in [5.41, 5.74) is -1.56. The molecule has 2 amide bonds. The second-order valence-electron chi connectivity index (χ2n) is 11.9. The zero-order chi connectivity index (χ0) is 25.0. The molecule has 0 radical (unpaired) electrons. The van der Waals surface area contributed by atoms with Gasteiger partial charge in [-0.15, -0.1) is 10.2 Å². The summed E-state index contributed by atoms with van der Waals surface area (Å²) in [4.78, 5) is 30.3. The van der Waals surface area contributed by atoms with Gasteiger partial charge >= 0.3 is 6.09 Å². The topological polar surface area (TPSA) is 98.0 Å². The van der Waals surface area contributed by atoms with Crippen molar-refractivity contribution in [3.63, 3.8) is 0 Å². The molecule has 2 fully saturated rings. The predicted octanol–water partition coefficient (Wildman–Crippen LogP) is 4.52. The van der Waals surface area contributed by atoms with Crippen LogP contribution in [0, 0.1) is 0 Å². The summed E-state index contributed by atoms with van der Waals surface area (Å²) in [7, 11) is -2.08. The fourth-order valence-corrected chi connectivity index (χ4v) is 5.61. The Kier molecular flexibility index (Phi) is 6.51. The predicted molar refractivity (Wildman–Crippen MR) is 126 cm³/mol. The number of carbonyl (C=O) groups excluding carboxylic acids is 2. The van der Waals surface area contributed by atoms with Crippen LogP contribution < -0.4 is 0 Å². The van der Waals surface area contributed by atoms with Crippen molar-refractivity contribution in [3.05, 3.63) is 12.3 Å². The summed E-state index contributed by atoms with van der Waals surface area (Å²) in [6.45, 7) is 20.6. The average Bonchev–Trinajstić information content (AvgIpc) is 3.31. The Labute approximate surface area is 198 Å². The lowest BCUT2D eigenvalue weighted by atomic mass is 9.76. The van der Waals surface area contributed by atoms with Crippen molar-refractivity contribution in [2.24, 2.45) is 0 Å². The lowest BCUT2D eigenvalue weighted by Crippen LogP contribution is -2.79. The van der Waals surface area contributed by atoms with Crippen molar-refractivity contribution in [1.29, 1.82) is 0 Å². The van der Waals surface area contributed by atoms with Gasteiger partial charge in [-0.1, -0.05) is 20.8 Å². The van der Waals surface area contributed by atoms with Crippen LogP contribution in [0.1, 0.15) is 80.2 Å². The molecule has 2 aliphatic rings. The Morgan fingerprint density at radius 3 is 2.39 bits per heavy atom. The zero-order valence-corrected chi connectivity index (χ0v) is 22.8. The molecule has 0 aliphatic carbocycles. The van der Waals surface area contributed by atoms with Gasteiger partial charge in [0.05, 0.1) is 12.6 Å². The smallest absolute Gasteiger partial charge is 0.411 e. The van der Waals surface area contributed by atoms with Crippen LogP contribution in [0.3, 0.4) is 0 Å². The van der Waals surface area contributed by atoms with E-state index in [9.17, 15) is 9.59 Å². The largest absolute Gasteiger partial charge is 0.444 e. The van der Waals surface area contributed by atoms with Gasteiger partial charge in [0.15, 0.2) is 8.32 Å². The number of carbonyl (C=O) groups is 2. The van der Waals surface area contributed by atoms with Crippen LogP contribution >= 0.6 is 0 Å². The first kappa shape index (κ1) is 25.7. The van der Waals surface area contributed by atoms with E-state index in [1.165, 1.54) is 6.39 Å². The molecule has 1 aromatic rings. The molecule has 3 unspecified atom stereocenters. The highest BCUT2D eigenvalue weighted by Crippen LogP contribution is 2.50. The molecule has 186 valence electrons. The van der Waals surface area contributed by atoms with E-state index in [1.807, 2.05) is 34.6 Å². The van der Waals surface area contributed by atoms with Gasteiger partial charge in [-0.2, -0.15) is 0 Å². The second-order valence-corrected chi connectivity index (χ2v) is 16.7. The molecule has 0 N–H and O–H groups in total. The first-order valence-electron chi connectivity index (χ1n) is 11.8. The minimum Gasteiger partial charge on any atom is -0.444 e. The molecule has 3 heterocycles. The monoisotopic (exact) mass is 480 g/mol. The molecule has 10 heteroatoms. The van der Waals surface area contributed by atoms with Gasteiger partial charge in [0, 0.05) is 6.04 Å². The Morgan fingerprint density at radius 2 is 1.91 bits per heavy atom. The van der Waals surface area contributed by atoms with Crippen molar-refractivity contribution in [1.82, 2.24) is 20.0 Å². The van der Waals surface area contributed by atoms with E-state index in [4.69, 9.17) is 13.6 Å². The van der Waals surface area contributed by atoms with Gasteiger partial charge < -0.3 is 18.5 Å². The molecule has 33 heavy (non-hydrogen) atoms. The third-order valence-corrected chi connectivity index (χ3v) is 12.0. The minimum absolute atomic E-state index is 0.0204. The van der Waals surface area contributed by atoms with Gasteiger partial charge in [-0.05, 0) is 65.6 Å². The molecule has 1 spiro atoms. The minimum atomic E-state index is -2.08. The summed E-state index contributed by atoms with van der Waals surface area (Å²) in [6, 6.07) is -0.840. The summed E-state index contributed by atoms with van der Waals surface area (Å²) in [5, 5.41) is 7.95. The van der Waals surface area contributed by atoms with Crippen molar-refractivity contribution in [3.8, 4) is 0 Å². The first-order chi connectivity index (χ1) is 15.0. The zero-order valence-electron chi connectivity index (χ0n) is 21.8. The van der Waals surface area contributed by atoms with Crippen LogP contribution in [0.25, 0.3) is 0 Å². The fraction of sp³-hybridized carbons (Fsp3) is 0.826. The van der Waals surface area contributed by atoms with Crippen LogP contribution in [-0.2, 0) is 14.0 Å². The van der Waals surface area contributed by atoms with Crippen LogP contribution in [0.2, 0.25) is 18.1 Å². The van der Waals surface area contributed by atoms with Crippen molar-refractivity contribution in [2.75, 3.05) is 6.61 Å². The Hall–Kier alpha value is -1.94. The highest BCUT2D eigenvalue weighted by atomic mass is 28.4. The Morgan fingerprint density at radius 1 is 1.27 bits per heavy atom. The van der Waals surface area contributed by atoms with Crippen LogP contribution in [-0.4, -0.2) is 70.1 Å². The molecule has 1 aromatic heterocycles. The number of likely N-dealkylation sites (tertiary alicyclic amines) is 2. The number of ether oxygens (including phenoxy) is 1. The maximum Gasteiger partial charge on any atom is 0.411 e. The maximum atomic E-state index is 13.8. The molecule has 0 aromatic carbocycles. The van der Waals surface area contributed by atoms with E-state index in [0.717, 1.165) is 6.42 Å². The molecule has 0 bridgehead atoms. The molecule has 3 rings (SSSR count).